The SMILES string of the molecule is CCOc1ccc(S(=O)(=O)N(CC(=O)N(Cc2cccc(C)c2)C(C)C(=O)NC(C)C)c2ccc(C)cc2)cc1. The van der Waals surface area contributed by atoms with Gasteiger partial charge in [-0.05, 0) is 83.5 Å². The van der Waals surface area contributed by atoms with Crippen LogP contribution in [0, 0.1) is 13.8 Å². The second-order valence-corrected chi connectivity index (χ2v) is 12.0. The molecule has 1 N–H and O–H groups in total. The third-order valence-electron chi connectivity index (χ3n) is 6.36. The van der Waals surface area contributed by atoms with Crippen LogP contribution in [0.5, 0.6) is 5.75 Å². The molecule has 3 aromatic rings. The van der Waals surface area contributed by atoms with Crippen LogP contribution >= 0.6 is 0 Å². The number of rotatable bonds is 12. The Balaban J connectivity index is 2.02. The van der Waals surface area contributed by atoms with Crippen molar-refractivity contribution in [3.05, 3.63) is 89.5 Å². The van der Waals surface area contributed by atoms with E-state index in [1.165, 1.54) is 17.0 Å². The number of carbonyl (C=O) groups is 2. The molecule has 0 radical (unpaired) electrons. The number of anilines is 1. The minimum absolute atomic E-state index is 0.0279. The van der Waals surface area contributed by atoms with Crippen LogP contribution in [-0.4, -0.2) is 50.4 Å². The number of hydrogen-bond acceptors (Lipinski definition) is 5. The number of nitrogens with zero attached hydrogens (tertiary/aromatic N) is 2. The fourth-order valence-corrected chi connectivity index (χ4v) is 5.65. The van der Waals surface area contributed by atoms with E-state index in [0.717, 1.165) is 21.0 Å². The summed E-state index contributed by atoms with van der Waals surface area (Å²) in [6.45, 7) is 11.2. The Morgan fingerprint density at radius 1 is 0.900 bits per heavy atom. The van der Waals surface area contributed by atoms with Gasteiger partial charge in [0.15, 0.2) is 0 Å². The van der Waals surface area contributed by atoms with Gasteiger partial charge in [-0.25, -0.2) is 8.42 Å². The van der Waals surface area contributed by atoms with E-state index in [9.17, 15) is 18.0 Å². The van der Waals surface area contributed by atoms with E-state index in [2.05, 4.69) is 5.32 Å². The molecular formula is C31H39N3O5S. The molecule has 0 aliphatic rings. The number of carbonyl (C=O) groups excluding carboxylic acids is 2. The van der Waals surface area contributed by atoms with Gasteiger partial charge in [-0.15, -0.1) is 0 Å². The van der Waals surface area contributed by atoms with Gasteiger partial charge >= 0.3 is 0 Å². The summed E-state index contributed by atoms with van der Waals surface area (Å²) in [6.07, 6.45) is 0. The minimum atomic E-state index is -4.14. The Bertz CT molecular complexity index is 1400. The zero-order chi connectivity index (χ0) is 29.4. The van der Waals surface area contributed by atoms with Gasteiger partial charge in [0.25, 0.3) is 10.0 Å². The number of aryl methyl sites for hydroxylation is 2. The van der Waals surface area contributed by atoms with Gasteiger partial charge in [-0.1, -0.05) is 47.5 Å². The molecule has 0 spiro atoms. The quantitative estimate of drug-likeness (QED) is 0.339. The first-order valence-electron chi connectivity index (χ1n) is 13.4. The predicted octanol–water partition coefficient (Wildman–Crippen LogP) is 4.84. The van der Waals surface area contributed by atoms with Crippen molar-refractivity contribution in [2.75, 3.05) is 17.5 Å². The normalized spacial score (nSPS) is 12.1. The lowest BCUT2D eigenvalue weighted by Crippen LogP contribution is -2.52. The van der Waals surface area contributed by atoms with Crippen molar-refractivity contribution in [1.29, 1.82) is 0 Å². The van der Waals surface area contributed by atoms with Gasteiger partial charge in [0, 0.05) is 12.6 Å². The minimum Gasteiger partial charge on any atom is -0.494 e. The molecule has 0 saturated heterocycles. The van der Waals surface area contributed by atoms with Crippen LogP contribution in [0.1, 0.15) is 44.4 Å². The van der Waals surface area contributed by atoms with Crippen molar-refractivity contribution in [2.45, 2.75) is 65.1 Å². The van der Waals surface area contributed by atoms with E-state index < -0.39 is 28.5 Å². The predicted molar refractivity (Wildman–Crippen MR) is 158 cm³/mol. The average molecular weight is 566 g/mol. The lowest BCUT2D eigenvalue weighted by molar-refractivity contribution is -0.139. The second-order valence-electron chi connectivity index (χ2n) is 10.1. The van der Waals surface area contributed by atoms with Gasteiger partial charge in [0.05, 0.1) is 17.2 Å². The molecular weight excluding hydrogens is 526 g/mol. The molecule has 214 valence electrons. The van der Waals surface area contributed by atoms with Crippen molar-refractivity contribution in [2.24, 2.45) is 0 Å². The number of ether oxygens (including phenoxy) is 1. The zero-order valence-electron chi connectivity index (χ0n) is 24.0. The first-order valence-corrected chi connectivity index (χ1v) is 14.8. The van der Waals surface area contributed by atoms with E-state index >= 15 is 0 Å². The first-order chi connectivity index (χ1) is 18.9. The Morgan fingerprint density at radius 3 is 2.12 bits per heavy atom. The van der Waals surface area contributed by atoms with E-state index in [1.54, 1.807) is 43.3 Å². The maximum Gasteiger partial charge on any atom is 0.264 e. The summed E-state index contributed by atoms with van der Waals surface area (Å²) < 4.78 is 34.4. The summed E-state index contributed by atoms with van der Waals surface area (Å²) in [5, 5.41) is 2.86. The number of benzene rings is 3. The highest BCUT2D eigenvalue weighted by atomic mass is 32.2. The number of hydrogen-bond donors (Lipinski definition) is 1. The van der Waals surface area contributed by atoms with Gasteiger partial charge in [-0.2, -0.15) is 0 Å². The molecule has 0 bridgehead atoms. The molecule has 3 aromatic carbocycles. The van der Waals surface area contributed by atoms with Crippen molar-refractivity contribution in [3.63, 3.8) is 0 Å². The molecule has 0 aliphatic carbocycles. The highest BCUT2D eigenvalue weighted by Crippen LogP contribution is 2.26. The summed E-state index contributed by atoms with van der Waals surface area (Å²) in [6, 6.07) is 19.8. The van der Waals surface area contributed by atoms with Crippen LogP contribution in [0.15, 0.2) is 77.7 Å². The van der Waals surface area contributed by atoms with E-state index in [1.807, 2.05) is 58.9 Å². The molecule has 0 saturated carbocycles. The molecule has 3 rings (SSSR count). The summed E-state index contributed by atoms with van der Waals surface area (Å²) >= 11 is 0. The average Bonchev–Trinajstić information content (AvgIpc) is 2.90. The molecule has 40 heavy (non-hydrogen) atoms. The lowest BCUT2D eigenvalue weighted by Gasteiger charge is -2.32. The van der Waals surface area contributed by atoms with Gasteiger partial charge in [-0.3, -0.25) is 13.9 Å². The fraction of sp³-hybridized carbons (Fsp3) is 0.355. The van der Waals surface area contributed by atoms with Crippen molar-refractivity contribution < 1.29 is 22.7 Å². The molecule has 1 atom stereocenters. The van der Waals surface area contributed by atoms with Gasteiger partial charge in [0.1, 0.15) is 18.3 Å². The number of amides is 2. The van der Waals surface area contributed by atoms with E-state index in [0.29, 0.717) is 18.0 Å². The monoisotopic (exact) mass is 565 g/mol. The molecule has 9 heteroatoms. The Labute approximate surface area is 238 Å². The Hall–Kier alpha value is -3.85. The molecule has 0 aromatic heterocycles. The maximum absolute atomic E-state index is 14.0. The van der Waals surface area contributed by atoms with Crippen molar-refractivity contribution >= 4 is 27.5 Å². The largest absolute Gasteiger partial charge is 0.494 e. The molecule has 8 nitrogen and oxygen atoms in total. The summed E-state index contributed by atoms with van der Waals surface area (Å²) in [5.41, 5.74) is 3.16. The van der Waals surface area contributed by atoms with Gasteiger partial charge in [0.2, 0.25) is 11.8 Å². The van der Waals surface area contributed by atoms with Gasteiger partial charge < -0.3 is 15.0 Å². The van der Waals surface area contributed by atoms with E-state index in [4.69, 9.17) is 4.74 Å². The summed E-state index contributed by atoms with van der Waals surface area (Å²) in [5.74, 6) is -0.260. The Morgan fingerprint density at radius 2 is 1.55 bits per heavy atom. The highest BCUT2D eigenvalue weighted by Gasteiger charge is 2.32. The standard InChI is InChI=1S/C31H39N3O5S/c1-7-39-28-15-17-29(18-16-28)40(37,38)34(27-13-11-23(4)12-14-27)21-30(35)33(25(6)31(36)32-22(2)3)20-26-10-8-9-24(5)19-26/h8-19,22,25H,7,20-21H2,1-6H3,(H,32,36). The smallest absolute Gasteiger partial charge is 0.264 e. The topological polar surface area (TPSA) is 96.0 Å². The van der Waals surface area contributed by atoms with E-state index in [-0.39, 0.29) is 23.4 Å². The van der Waals surface area contributed by atoms with Crippen molar-refractivity contribution in [1.82, 2.24) is 10.2 Å². The van der Waals surface area contributed by atoms with Crippen LogP contribution in [0.3, 0.4) is 0 Å². The lowest BCUT2D eigenvalue weighted by atomic mass is 10.1. The molecule has 1 unspecified atom stereocenters. The highest BCUT2D eigenvalue weighted by molar-refractivity contribution is 7.92. The zero-order valence-corrected chi connectivity index (χ0v) is 24.9. The van der Waals surface area contributed by atoms with Crippen molar-refractivity contribution in [3.8, 4) is 5.75 Å². The number of sulfonamides is 1. The molecule has 0 heterocycles. The van der Waals surface area contributed by atoms with Crippen LogP contribution in [0.25, 0.3) is 0 Å². The fourth-order valence-electron chi connectivity index (χ4n) is 4.24. The summed E-state index contributed by atoms with van der Waals surface area (Å²) in [7, 11) is -4.14. The molecule has 2 amide bonds. The van der Waals surface area contributed by atoms with Crippen LogP contribution in [-0.2, 0) is 26.2 Å². The molecule has 0 aliphatic heterocycles. The van der Waals surface area contributed by atoms with Crippen LogP contribution in [0.4, 0.5) is 5.69 Å². The van der Waals surface area contributed by atoms with Crippen LogP contribution < -0.4 is 14.4 Å². The maximum atomic E-state index is 14.0. The third-order valence-corrected chi connectivity index (χ3v) is 8.15. The first kappa shape index (κ1) is 30.7. The second kappa shape index (κ2) is 13.5. The summed E-state index contributed by atoms with van der Waals surface area (Å²) in [4.78, 5) is 28.4. The third kappa shape index (κ3) is 7.85. The Kier molecular flexibility index (Phi) is 10.3. The molecule has 0 fully saturated rings. The number of nitrogens with one attached hydrogen (secondary N) is 1. The van der Waals surface area contributed by atoms with Crippen LogP contribution in [0.2, 0.25) is 0 Å².